The van der Waals surface area contributed by atoms with Crippen LogP contribution in [0.25, 0.3) is 0 Å². The zero-order valence-electron chi connectivity index (χ0n) is 11.1. The van der Waals surface area contributed by atoms with Crippen LogP contribution in [0.15, 0.2) is 17.1 Å². The van der Waals surface area contributed by atoms with E-state index >= 15 is 0 Å². The standard InChI is InChI=1S/C13H19F3N2O2/c14-13(15,16)6-4-2-1-3-5-7-20-12-8-11(19)10(17)9-18-12/h8-9H,1-7,17H2,(H,18,19). The summed E-state index contributed by atoms with van der Waals surface area (Å²) in [6.07, 6.45) is -0.365. The van der Waals surface area contributed by atoms with Crippen molar-refractivity contribution in [1.29, 1.82) is 0 Å². The van der Waals surface area contributed by atoms with Gasteiger partial charge in [0.2, 0.25) is 5.43 Å². The Morgan fingerprint density at radius 3 is 2.45 bits per heavy atom. The molecule has 0 spiro atoms. The second kappa shape index (κ2) is 7.81. The molecule has 0 saturated carbocycles. The molecule has 1 aromatic rings. The Bertz CT molecular complexity index is 458. The van der Waals surface area contributed by atoms with Crippen molar-refractivity contribution in [1.82, 2.24) is 4.98 Å². The molecule has 0 fully saturated rings. The van der Waals surface area contributed by atoms with Crippen molar-refractivity contribution in [2.45, 2.75) is 44.7 Å². The number of rotatable bonds is 8. The Hall–Kier alpha value is -1.66. The number of nitrogens with one attached hydrogen (secondary N) is 1. The number of alkyl halides is 3. The summed E-state index contributed by atoms with van der Waals surface area (Å²) in [7, 11) is 0. The molecule has 20 heavy (non-hydrogen) atoms. The van der Waals surface area contributed by atoms with Gasteiger partial charge in [-0.05, 0) is 12.8 Å². The largest absolute Gasteiger partial charge is 0.479 e. The van der Waals surface area contributed by atoms with Crippen molar-refractivity contribution in [3.05, 3.63) is 22.5 Å². The third kappa shape index (κ3) is 7.06. The van der Waals surface area contributed by atoms with Gasteiger partial charge in [-0.3, -0.25) is 4.79 Å². The maximum Gasteiger partial charge on any atom is 0.389 e. The normalized spacial score (nSPS) is 11.6. The van der Waals surface area contributed by atoms with Gasteiger partial charge in [-0.25, -0.2) is 0 Å². The van der Waals surface area contributed by atoms with Crippen LogP contribution in [0, 0.1) is 0 Å². The van der Waals surface area contributed by atoms with E-state index in [-0.39, 0.29) is 17.5 Å². The van der Waals surface area contributed by atoms with Gasteiger partial charge in [0, 0.05) is 18.7 Å². The van der Waals surface area contributed by atoms with Gasteiger partial charge in [-0.15, -0.1) is 0 Å². The lowest BCUT2D eigenvalue weighted by Crippen LogP contribution is -2.09. The molecule has 1 heterocycles. The van der Waals surface area contributed by atoms with Gasteiger partial charge in [0.25, 0.3) is 0 Å². The number of aromatic amines is 1. The summed E-state index contributed by atoms with van der Waals surface area (Å²) < 4.78 is 40.9. The van der Waals surface area contributed by atoms with Crippen molar-refractivity contribution in [3.8, 4) is 5.88 Å². The molecule has 0 aliphatic carbocycles. The Kier molecular flexibility index (Phi) is 6.41. The van der Waals surface area contributed by atoms with Crippen LogP contribution in [0.5, 0.6) is 5.88 Å². The molecule has 1 aromatic heterocycles. The lowest BCUT2D eigenvalue weighted by atomic mass is 10.1. The number of halogens is 3. The van der Waals surface area contributed by atoms with Gasteiger partial charge in [-0.2, -0.15) is 13.2 Å². The highest BCUT2D eigenvalue weighted by Crippen LogP contribution is 2.23. The number of H-pyrrole nitrogens is 1. The van der Waals surface area contributed by atoms with Crippen LogP contribution < -0.4 is 15.9 Å². The Labute approximate surface area is 115 Å². The van der Waals surface area contributed by atoms with E-state index in [0.717, 1.165) is 19.3 Å². The first-order chi connectivity index (χ1) is 9.38. The number of anilines is 1. The van der Waals surface area contributed by atoms with Crippen LogP contribution in [-0.4, -0.2) is 17.8 Å². The van der Waals surface area contributed by atoms with E-state index in [4.69, 9.17) is 10.5 Å². The van der Waals surface area contributed by atoms with Crippen molar-refractivity contribution >= 4 is 5.69 Å². The van der Waals surface area contributed by atoms with Crippen LogP contribution in [-0.2, 0) is 0 Å². The van der Waals surface area contributed by atoms with Gasteiger partial charge in [-0.1, -0.05) is 19.3 Å². The third-order valence-electron chi connectivity index (χ3n) is 2.78. The van der Waals surface area contributed by atoms with Gasteiger partial charge in [0.05, 0.1) is 12.3 Å². The molecule has 0 unspecified atom stereocenters. The summed E-state index contributed by atoms with van der Waals surface area (Å²) in [5.74, 6) is 0.348. The molecule has 0 aliphatic heterocycles. The Morgan fingerprint density at radius 2 is 1.80 bits per heavy atom. The molecule has 0 atom stereocenters. The van der Waals surface area contributed by atoms with Crippen molar-refractivity contribution in [2.24, 2.45) is 0 Å². The first-order valence-electron chi connectivity index (χ1n) is 6.56. The number of aromatic nitrogens is 1. The quantitative estimate of drug-likeness (QED) is 0.723. The number of hydrogen-bond acceptors (Lipinski definition) is 3. The minimum absolute atomic E-state index is 0.127. The highest BCUT2D eigenvalue weighted by molar-refractivity contribution is 5.36. The molecule has 0 bridgehead atoms. The molecular formula is C13H19F3N2O2. The van der Waals surface area contributed by atoms with Gasteiger partial charge < -0.3 is 15.5 Å². The summed E-state index contributed by atoms with van der Waals surface area (Å²) in [6, 6.07) is 1.28. The smallest absolute Gasteiger partial charge is 0.389 e. The number of nitrogens with two attached hydrogens (primary N) is 1. The molecule has 0 saturated heterocycles. The zero-order chi connectivity index (χ0) is 15.0. The summed E-state index contributed by atoms with van der Waals surface area (Å²) in [4.78, 5) is 13.9. The van der Waals surface area contributed by atoms with E-state index < -0.39 is 12.6 Å². The number of unbranched alkanes of at least 4 members (excludes halogenated alkanes) is 4. The monoisotopic (exact) mass is 292 g/mol. The first-order valence-corrected chi connectivity index (χ1v) is 6.56. The molecule has 114 valence electrons. The van der Waals surface area contributed by atoms with Crippen LogP contribution in [0.4, 0.5) is 18.9 Å². The van der Waals surface area contributed by atoms with E-state index in [1.165, 1.54) is 12.3 Å². The van der Waals surface area contributed by atoms with Crippen molar-refractivity contribution < 1.29 is 17.9 Å². The lowest BCUT2D eigenvalue weighted by molar-refractivity contribution is -0.135. The fraction of sp³-hybridized carbons (Fsp3) is 0.615. The van der Waals surface area contributed by atoms with E-state index in [0.29, 0.717) is 18.9 Å². The van der Waals surface area contributed by atoms with E-state index in [9.17, 15) is 18.0 Å². The average Bonchev–Trinajstić information content (AvgIpc) is 2.35. The van der Waals surface area contributed by atoms with Gasteiger partial charge in [0.1, 0.15) is 0 Å². The number of ether oxygens (including phenoxy) is 1. The molecule has 7 heteroatoms. The molecule has 0 aromatic carbocycles. The first kappa shape index (κ1) is 16.4. The SMILES string of the molecule is Nc1c[nH]c(OCCCCCCCC(F)(F)F)cc1=O. The molecule has 0 aliphatic rings. The average molecular weight is 292 g/mol. The summed E-state index contributed by atoms with van der Waals surface area (Å²) in [5, 5.41) is 0. The summed E-state index contributed by atoms with van der Waals surface area (Å²) in [6.45, 7) is 0.416. The van der Waals surface area contributed by atoms with Crippen LogP contribution >= 0.6 is 0 Å². The number of nitrogen functional groups attached to an aromatic ring is 1. The fourth-order valence-corrected chi connectivity index (χ4v) is 1.69. The molecule has 1 rings (SSSR count). The lowest BCUT2D eigenvalue weighted by Gasteiger charge is -2.07. The minimum Gasteiger partial charge on any atom is -0.479 e. The molecular weight excluding hydrogens is 273 g/mol. The maximum absolute atomic E-state index is 11.9. The van der Waals surface area contributed by atoms with E-state index in [2.05, 4.69) is 4.98 Å². The predicted octanol–water partition coefficient (Wildman–Crippen LogP) is 3.24. The third-order valence-corrected chi connectivity index (χ3v) is 2.78. The molecule has 3 N–H and O–H groups in total. The second-order valence-electron chi connectivity index (χ2n) is 4.60. The highest BCUT2D eigenvalue weighted by atomic mass is 19.4. The van der Waals surface area contributed by atoms with Gasteiger partial charge in [0.15, 0.2) is 5.88 Å². The number of hydrogen-bond donors (Lipinski definition) is 2. The van der Waals surface area contributed by atoms with E-state index in [1.807, 2.05) is 0 Å². The number of pyridine rings is 1. The van der Waals surface area contributed by atoms with Crippen LogP contribution in [0.1, 0.15) is 38.5 Å². The predicted molar refractivity (Wildman–Crippen MR) is 70.7 cm³/mol. The second-order valence-corrected chi connectivity index (χ2v) is 4.60. The zero-order valence-corrected chi connectivity index (χ0v) is 11.1. The Morgan fingerprint density at radius 1 is 1.15 bits per heavy atom. The molecule has 0 radical (unpaired) electrons. The van der Waals surface area contributed by atoms with E-state index in [1.54, 1.807) is 0 Å². The molecule has 0 amide bonds. The van der Waals surface area contributed by atoms with Crippen molar-refractivity contribution in [3.63, 3.8) is 0 Å². The van der Waals surface area contributed by atoms with Crippen LogP contribution in [0.2, 0.25) is 0 Å². The maximum atomic E-state index is 11.9. The van der Waals surface area contributed by atoms with Crippen molar-refractivity contribution in [2.75, 3.05) is 12.3 Å². The van der Waals surface area contributed by atoms with Crippen LogP contribution in [0.3, 0.4) is 0 Å². The minimum atomic E-state index is -4.05. The Balaban J connectivity index is 2.05. The summed E-state index contributed by atoms with van der Waals surface area (Å²) in [5.41, 5.74) is 5.19. The topological polar surface area (TPSA) is 68.1 Å². The summed E-state index contributed by atoms with van der Waals surface area (Å²) >= 11 is 0. The fourth-order valence-electron chi connectivity index (χ4n) is 1.69. The van der Waals surface area contributed by atoms with Gasteiger partial charge >= 0.3 is 6.18 Å². The highest BCUT2D eigenvalue weighted by Gasteiger charge is 2.25. The molecule has 4 nitrogen and oxygen atoms in total.